The number of nitrogens with one attached hydrogen (secondary N) is 1. The lowest BCUT2D eigenvalue weighted by Crippen LogP contribution is -2.32. The minimum absolute atomic E-state index is 0.498. The minimum atomic E-state index is -0.501. The van der Waals surface area contributed by atoms with Crippen LogP contribution in [0.2, 0.25) is 0 Å². The lowest BCUT2D eigenvalue weighted by molar-refractivity contribution is 0.306. The van der Waals surface area contributed by atoms with Gasteiger partial charge in [-0.25, -0.2) is 8.78 Å². The van der Waals surface area contributed by atoms with Crippen molar-refractivity contribution in [2.24, 2.45) is 5.92 Å². The average Bonchev–Trinajstić information content (AvgIpc) is 2.27. The zero-order valence-electron chi connectivity index (χ0n) is 10.2. The van der Waals surface area contributed by atoms with Crippen LogP contribution in [0.25, 0.3) is 0 Å². The van der Waals surface area contributed by atoms with E-state index < -0.39 is 11.6 Å². The normalized spacial score (nSPS) is 24.9. The first-order chi connectivity index (χ1) is 8.13. The fourth-order valence-corrected chi connectivity index (χ4v) is 2.44. The summed E-state index contributed by atoms with van der Waals surface area (Å²) >= 11 is 0. The molecule has 0 amide bonds. The van der Waals surface area contributed by atoms with Gasteiger partial charge in [-0.2, -0.15) is 0 Å². The zero-order chi connectivity index (χ0) is 12.3. The Labute approximate surface area is 101 Å². The standard InChI is InChI=1S/C14H19F2N/c1-10-2-4-14(5-3-10)17-9-11-6-12(15)8-13(16)7-11/h6-8,10,14,17H,2-5,9H2,1H3. The minimum Gasteiger partial charge on any atom is -0.310 e. The number of rotatable bonds is 3. The molecule has 0 atom stereocenters. The molecule has 0 aliphatic heterocycles. The van der Waals surface area contributed by atoms with Crippen LogP contribution in [0.3, 0.4) is 0 Å². The van der Waals surface area contributed by atoms with E-state index in [0.717, 1.165) is 12.0 Å². The summed E-state index contributed by atoms with van der Waals surface area (Å²) in [5, 5.41) is 3.38. The molecule has 3 heteroatoms. The van der Waals surface area contributed by atoms with E-state index in [4.69, 9.17) is 0 Å². The highest BCUT2D eigenvalue weighted by molar-refractivity contribution is 5.17. The molecular weight excluding hydrogens is 220 g/mol. The van der Waals surface area contributed by atoms with E-state index in [1.807, 2.05) is 0 Å². The van der Waals surface area contributed by atoms with Gasteiger partial charge >= 0.3 is 0 Å². The van der Waals surface area contributed by atoms with Gasteiger partial charge in [0.2, 0.25) is 0 Å². The van der Waals surface area contributed by atoms with Gasteiger partial charge in [-0.3, -0.25) is 0 Å². The molecule has 0 bridgehead atoms. The lowest BCUT2D eigenvalue weighted by Gasteiger charge is -2.27. The summed E-state index contributed by atoms with van der Waals surface area (Å²) in [5.41, 5.74) is 0.682. The van der Waals surface area contributed by atoms with E-state index in [1.54, 1.807) is 0 Å². The van der Waals surface area contributed by atoms with Crippen LogP contribution in [-0.2, 0) is 6.54 Å². The van der Waals surface area contributed by atoms with Crippen LogP contribution in [0.1, 0.15) is 38.2 Å². The molecule has 1 aromatic carbocycles. The molecule has 1 N–H and O–H groups in total. The van der Waals surface area contributed by atoms with Crippen molar-refractivity contribution in [2.45, 2.75) is 45.2 Å². The van der Waals surface area contributed by atoms with Gasteiger partial charge in [-0.1, -0.05) is 6.92 Å². The quantitative estimate of drug-likeness (QED) is 0.849. The molecule has 0 radical (unpaired) electrons. The second kappa shape index (κ2) is 5.58. The molecule has 1 aromatic rings. The predicted octanol–water partition coefficient (Wildman–Crippen LogP) is 3.63. The molecule has 1 fully saturated rings. The molecule has 1 saturated carbocycles. The maximum atomic E-state index is 13.0. The van der Waals surface area contributed by atoms with Crippen molar-refractivity contribution in [3.05, 3.63) is 35.4 Å². The summed E-state index contributed by atoms with van der Waals surface area (Å²) in [6.45, 7) is 2.83. The first-order valence-corrected chi connectivity index (χ1v) is 6.32. The highest BCUT2D eigenvalue weighted by Crippen LogP contribution is 2.23. The predicted molar refractivity (Wildman–Crippen MR) is 64.6 cm³/mol. The molecule has 0 saturated heterocycles. The molecule has 0 aromatic heterocycles. The van der Waals surface area contributed by atoms with Gasteiger partial charge in [0.25, 0.3) is 0 Å². The third kappa shape index (κ3) is 3.77. The maximum Gasteiger partial charge on any atom is 0.126 e. The summed E-state index contributed by atoms with van der Waals surface area (Å²) in [6, 6.07) is 4.19. The van der Waals surface area contributed by atoms with Gasteiger partial charge < -0.3 is 5.32 Å². The van der Waals surface area contributed by atoms with Crippen LogP contribution >= 0.6 is 0 Å². The smallest absolute Gasteiger partial charge is 0.126 e. The van der Waals surface area contributed by atoms with Crippen molar-refractivity contribution in [3.8, 4) is 0 Å². The summed E-state index contributed by atoms with van der Waals surface area (Å²) in [6.07, 6.45) is 4.82. The Morgan fingerprint density at radius 3 is 2.24 bits per heavy atom. The van der Waals surface area contributed by atoms with Crippen molar-refractivity contribution in [2.75, 3.05) is 0 Å². The van der Waals surface area contributed by atoms with E-state index in [1.165, 1.54) is 37.8 Å². The fraction of sp³-hybridized carbons (Fsp3) is 0.571. The second-order valence-corrected chi connectivity index (χ2v) is 5.12. The van der Waals surface area contributed by atoms with Crippen LogP contribution in [0.4, 0.5) is 8.78 Å². The van der Waals surface area contributed by atoms with Gasteiger partial charge in [0.05, 0.1) is 0 Å². The lowest BCUT2D eigenvalue weighted by atomic mass is 9.87. The van der Waals surface area contributed by atoms with Crippen LogP contribution in [0, 0.1) is 17.6 Å². The summed E-state index contributed by atoms with van der Waals surface area (Å²) < 4.78 is 26.0. The SMILES string of the molecule is CC1CCC(NCc2cc(F)cc(F)c2)CC1. The second-order valence-electron chi connectivity index (χ2n) is 5.12. The number of hydrogen-bond acceptors (Lipinski definition) is 1. The van der Waals surface area contributed by atoms with Crippen molar-refractivity contribution >= 4 is 0 Å². The summed E-state index contributed by atoms with van der Waals surface area (Å²) in [5.74, 6) is -0.183. The number of benzene rings is 1. The van der Waals surface area contributed by atoms with Crippen LogP contribution < -0.4 is 5.32 Å². The average molecular weight is 239 g/mol. The van der Waals surface area contributed by atoms with Gasteiger partial charge in [0.15, 0.2) is 0 Å². The molecule has 1 aliphatic carbocycles. The highest BCUT2D eigenvalue weighted by atomic mass is 19.1. The Hall–Kier alpha value is -0.960. The van der Waals surface area contributed by atoms with Crippen LogP contribution in [0.5, 0.6) is 0 Å². The Kier molecular flexibility index (Phi) is 4.11. The van der Waals surface area contributed by atoms with Crippen LogP contribution in [-0.4, -0.2) is 6.04 Å². The van der Waals surface area contributed by atoms with Crippen molar-refractivity contribution in [1.82, 2.24) is 5.32 Å². The molecule has 17 heavy (non-hydrogen) atoms. The molecule has 1 nitrogen and oxygen atoms in total. The first kappa shape index (κ1) is 12.5. The molecule has 0 unspecified atom stereocenters. The first-order valence-electron chi connectivity index (χ1n) is 6.32. The van der Waals surface area contributed by atoms with E-state index in [-0.39, 0.29) is 0 Å². The van der Waals surface area contributed by atoms with E-state index >= 15 is 0 Å². The highest BCUT2D eigenvalue weighted by Gasteiger charge is 2.17. The molecular formula is C14H19F2N. The molecule has 0 spiro atoms. The molecule has 1 aliphatic rings. The monoisotopic (exact) mass is 239 g/mol. The topological polar surface area (TPSA) is 12.0 Å². The summed E-state index contributed by atoms with van der Waals surface area (Å²) in [4.78, 5) is 0. The largest absolute Gasteiger partial charge is 0.310 e. The third-order valence-electron chi connectivity index (χ3n) is 3.53. The van der Waals surface area contributed by atoms with Crippen molar-refractivity contribution in [3.63, 3.8) is 0 Å². The Morgan fingerprint density at radius 2 is 1.65 bits per heavy atom. The Bertz CT molecular complexity index is 350. The zero-order valence-corrected chi connectivity index (χ0v) is 10.2. The van der Waals surface area contributed by atoms with E-state index in [2.05, 4.69) is 12.2 Å². The Morgan fingerprint density at radius 1 is 1.06 bits per heavy atom. The Balaban J connectivity index is 1.85. The molecule has 2 rings (SSSR count). The van der Waals surface area contributed by atoms with E-state index in [9.17, 15) is 8.78 Å². The van der Waals surface area contributed by atoms with Gasteiger partial charge in [-0.15, -0.1) is 0 Å². The van der Waals surface area contributed by atoms with Crippen LogP contribution in [0.15, 0.2) is 18.2 Å². The van der Waals surface area contributed by atoms with Gasteiger partial charge in [-0.05, 0) is 49.3 Å². The number of halogens is 2. The molecule has 0 heterocycles. The van der Waals surface area contributed by atoms with E-state index in [0.29, 0.717) is 18.2 Å². The summed E-state index contributed by atoms with van der Waals surface area (Å²) in [7, 11) is 0. The third-order valence-corrected chi connectivity index (χ3v) is 3.53. The van der Waals surface area contributed by atoms with Gasteiger partial charge in [0.1, 0.15) is 11.6 Å². The maximum absolute atomic E-state index is 13.0. The van der Waals surface area contributed by atoms with Gasteiger partial charge in [0, 0.05) is 18.7 Å². The fourth-order valence-electron chi connectivity index (χ4n) is 2.44. The van der Waals surface area contributed by atoms with Crippen molar-refractivity contribution < 1.29 is 8.78 Å². The molecule has 94 valence electrons. The number of hydrogen-bond donors (Lipinski definition) is 1. The van der Waals surface area contributed by atoms with Crippen molar-refractivity contribution in [1.29, 1.82) is 0 Å².